The lowest BCUT2D eigenvalue weighted by Crippen LogP contribution is -2.41. The molecule has 1 heterocycles. The summed E-state index contributed by atoms with van der Waals surface area (Å²) in [5.74, 6) is -2.30. The molecule has 0 aromatic heterocycles. The highest BCUT2D eigenvalue weighted by atomic mass is 35.5. The first-order chi connectivity index (χ1) is 10.9. The SMILES string of the molecule is COCCSc1ccc(C(C)NC(=O)C2CC(F)(F)CN2)cc1.Cl. The number of alkyl halides is 2. The second-order valence-electron chi connectivity index (χ2n) is 5.63. The average Bonchev–Trinajstić information content (AvgIpc) is 2.88. The molecule has 1 aliphatic heterocycles. The highest BCUT2D eigenvalue weighted by molar-refractivity contribution is 7.99. The molecular formula is C16H23ClF2N2O2S. The maximum Gasteiger partial charge on any atom is 0.262 e. The third kappa shape index (κ3) is 6.20. The zero-order valence-electron chi connectivity index (χ0n) is 13.7. The summed E-state index contributed by atoms with van der Waals surface area (Å²) in [5, 5.41) is 5.35. The average molecular weight is 381 g/mol. The van der Waals surface area contributed by atoms with E-state index in [1.807, 2.05) is 31.2 Å². The van der Waals surface area contributed by atoms with Gasteiger partial charge in [0.2, 0.25) is 5.91 Å². The number of hydrogen-bond acceptors (Lipinski definition) is 4. The third-order valence-corrected chi connectivity index (χ3v) is 4.70. The van der Waals surface area contributed by atoms with E-state index in [0.717, 1.165) is 16.2 Å². The van der Waals surface area contributed by atoms with Crippen LogP contribution in [0, 0.1) is 0 Å². The van der Waals surface area contributed by atoms with Crippen LogP contribution in [0.25, 0.3) is 0 Å². The summed E-state index contributed by atoms with van der Waals surface area (Å²) in [4.78, 5) is 13.2. The molecule has 0 spiro atoms. The molecule has 2 atom stereocenters. The van der Waals surface area contributed by atoms with Crippen molar-refractivity contribution in [1.29, 1.82) is 0 Å². The van der Waals surface area contributed by atoms with Gasteiger partial charge in [-0.15, -0.1) is 24.2 Å². The molecule has 1 amide bonds. The number of hydrogen-bond donors (Lipinski definition) is 2. The van der Waals surface area contributed by atoms with E-state index < -0.39 is 24.9 Å². The number of nitrogens with one attached hydrogen (secondary N) is 2. The molecule has 0 aliphatic carbocycles. The van der Waals surface area contributed by atoms with Crippen molar-refractivity contribution in [3.8, 4) is 0 Å². The van der Waals surface area contributed by atoms with E-state index in [0.29, 0.717) is 6.61 Å². The van der Waals surface area contributed by atoms with Crippen LogP contribution >= 0.6 is 24.2 Å². The number of ether oxygens (including phenoxy) is 1. The quantitative estimate of drug-likeness (QED) is 0.564. The van der Waals surface area contributed by atoms with Crippen molar-refractivity contribution in [3.05, 3.63) is 29.8 Å². The molecule has 0 radical (unpaired) electrons. The Bertz CT molecular complexity index is 531. The van der Waals surface area contributed by atoms with Crippen molar-refractivity contribution in [3.63, 3.8) is 0 Å². The van der Waals surface area contributed by atoms with E-state index in [1.54, 1.807) is 18.9 Å². The molecule has 1 aliphatic rings. The van der Waals surface area contributed by atoms with Gasteiger partial charge in [0.25, 0.3) is 5.92 Å². The predicted molar refractivity (Wildman–Crippen MR) is 94.2 cm³/mol. The number of thioether (sulfide) groups is 1. The van der Waals surface area contributed by atoms with Crippen LogP contribution in [0.2, 0.25) is 0 Å². The van der Waals surface area contributed by atoms with Gasteiger partial charge >= 0.3 is 0 Å². The van der Waals surface area contributed by atoms with E-state index in [2.05, 4.69) is 10.6 Å². The van der Waals surface area contributed by atoms with Crippen molar-refractivity contribution in [1.82, 2.24) is 10.6 Å². The summed E-state index contributed by atoms with van der Waals surface area (Å²) in [6, 6.07) is 6.81. The fourth-order valence-electron chi connectivity index (χ4n) is 2.39. The zero-order chi connectivity index (χ0) is 16.9. The molecule has 1 saturated heterocycles. The van der Waals surface area contributed by atoms with E-state index in [1.165, 1.54) is 0 Å². The molecular weight excluding hydrogens is 358 g/mol. The van der Waals surface area contributed by atoms with Crippen LogP contribution in [0.1, 0.15) is 24.9 Å². The number of halogens is 3. The topological polar surface area (TPSA) is 50.4 Å². The number of methoxy groups -OCH3 is 1. The predicted octanol–water partition coefficient (Wildman–Crippen LogP) is 3.02. The summed E-state index contributed by atoms with van der Waals surface area (Å²) < 4.78 is 31.3. The molecule has 8 heteroatoms. The molecule has 2 unspecified atom stereocenters. The van der Waals surface area contributed by atoms with Crippen molar-refractivity contribution in [2.75, 3.05) is 26.0 Å². The maximum atomic E-state index is 13.1. The van der Waals surface area contributed by atoms with Gasteiger partial charge < -0.3 is 10.1 Å². The minimum absolute atomic E-state index is 0. The first kappa shape index (κ1) is 21.2. The van der Waals surface area contributed by atoms with Crippen LogP contribution in [0.15, 0.2) is 29.2 Å². The molecule has 1 aromatic rings. The third-order valence-electron chi connectivity index (χ3n) is 3.72. The zero-order valence-corrected chi connectivity index (χ0v) is 15.3. The Balaban J connectivity index is 0.00000288. The van der Waals surface area contributed by atoms with Crippen LogP contribution in [0.4, 0.5) is 8.78 Å². The second-order valence-corrected chi connectivity index (χ2v) is 6.80. The summed E-state index contributed by atoms with van der Waals surface area (Å²) >= 11 is 1.69. The van der Waals surface area contributed by atoms with Crippen molar-refractivity contribution in [2.24, 2.45) is 0 Å². The van der Waals surface area contributed by atoms with Gasteiger partial charge in [-0.3, -0.25) is 10.1 Å². The first-order valence-electron chi connectivity index (χ1n) is 7.54. The van der Waals surface area contributed by atoms with Gasteiger partial charge in [-0.05, 0) is 24.6 Å². The Morgan fingerprint density at radius 2 is 2.12 bits per heavy atom. The van der Waals surface area contributed by atoms with Crippen LogP contribution in [-0.2, 0) is 9.53 Å². The fourth-order valence-corrected chi connectivity index (χ4v) is 3.21. The van der Waals surface area contributed by atoms with Gasteiger partial charge in [0, 0.05) is 24.2 Å². The lowest BCUT2D eigenvalue weighted by atomic mass is 10.1. The van der Waals surface area contributed by atoms with E-state index >= 15 is 0 Å². The van der Waals surface area contributed by atoms with Crippen molar-refractivity contribution < 1.29 is 18.3 Å². The Kier molecular flexibility index (Phi) is 8.42. The summed E-state index contributed by atoms with van der Waals surface area (Å²) in [6.45, 7) is 2.10. The smallest absolute Gasteiger partial charge is 0.262 e. The molecule has 0 saturated carbocycles. The van der Waals surface area contributed by atoms with Gasteiger partial charge in [-0.1, -0.05) is 12.1 Å². The largest absolute Gasteiger partial charge is 0.384 e. The number of amides is 1. The second kappa shape index (κ2) is 9.56. The summed E-state index contributed by atoms with van der Waals surface area (Å²) in [7, 11) is 1.67. The van der Waals surface area contributed by atoms with E-state index in [9.17, 15) is 13.6 Å². The molecule has 1 aromatic carbocycles. The van der Waals surface area contributed by atoms with Crippen LogP contribution < -0.4 is 10.6 Å². The highest BCUT2D eigenvalue weighted by Crippen LogP contribution is 2.26. The fraction of sp³-hybridized carbons (Fsp3) is 0.562. The summed E-state index contributed by atoms with van der Waals surface area (Å²) in [6.07, 6.45) is -0.444. The maximum absolute atomic E-state index is 13.1. The van der Waals surface area contributed by atoms with Crippen LogP contribution in [0.5, 0.6) is 0 Å². The lowest BCUT2D eigenvalue weighted by Gasteiger charge is -2.18. The van der Waals surface area contributed by atoms with Gasteiger partial charge in [-0.25, -0.2) is 8.78 Å². The van der Waals surface area contributed by atoms with Gasteiger partial charge in [0.1, 0.15) is 0 Å². The molecule has 0 bridgehead atoms. The molecule has 2 rings (SSSR count). The first-order valence-corrected chi connectivity index (χ1v) is 8.53. The molecule has 1 fully saturated rings. The number of carbonyl (C=O) groups is 1. The van der Waals surface area contributed by atoms with Crippen LogP contribution in [-0.4, -0.2) is 43.9 Å². The number of carbonyl (C=O) groups excluding carboxylic acids is 1. The standard InChI is InChI=1S/C16H22F2N2O2S.ClH/c1-11(20-15(21)14-9-16(17,18)10-19-14)12-3-5-13(6-4-12)23-8-7-22-2;/h3-6,11,14,19H,7-10H2,1-2H3,(H,20,21);1H. The minimum atomic E-state index is -2.80. The van der Waals surface area contributed by atoms with E-state index in [4.69, 9.17) is 4.74 Å². The normalized spacial score (nSPS) is 20.2. The van der Waals surface area contributed by atoms with Gasteiger partial charge in [0.15, 0.2) is 0 Å². The van der Waals surface area contributed by atoms with Crippen molar-refractivity contribution in [2.45, 2.75) is 36.2 Å². The molecule has 4 nitrogen and oxygen atoms in total. The Hall–Kier alpha value is -0.890. The molecule has 24 heavy (non-hydrogen) atoms. The highest BCUT2D eigenvalue weighted by Gasteiger charge is 2.42. The Morgan fingerprint density at radius 1 is 1.46 bits per heavy atom. The monoisotopic (exact) mass is 380 g/mol. The lowest BCUT2D eigenvalue weighted by molar-refractivity contribution is -0.124. The molecule has 136 valence electrons. The minimum Gasteiger partial charge on any atom is -0.384 e. The number of benzene rings is 1. The van der Waals surface area contributed by atoms with Gasteiger partial charge in [-0.2, -0.15) is 0 Å². The summed E-state index contributed by atoms with van der Waals surface area (Å²) in [5.41, 5.74) is 0.944. The number of rotatable bonds is 7. The van der Waals surface area contributed by atoms with Crippen LogP contribution in [0.3, 0.4) is 0 Å². The van der Waals surface area contributed by atoms with Crippen molar-refractivity contribution >= 4 is 30.1 Å². The Morgan fingerprint density at radius 3 is 2.67 bits per heavy atom. The van der Waals surface area contributed by atoms with E-state index in [-0.39, 0.29) is 24.4 Å². The molecule has 2 N–H and O–H groups in total. The Labute approximate surface area is 151 Å². The van der Waals surface area contributed by atoms with Gasteiger partial charge in [0.05, 0.1) is 25.2 Å².